The van der Waals surface area contributed by atoms with Crippen LogP contribution in [0, 0.1) is 6.92 Å². The van der Waals surface area contributed by atoms with Gasteiger partial charge in [0, 0.05) is 24.3 Å². The van der Waals surface area contributed by atoms with E-state index in [0.717, 1.165) is 43.6 Å². The molecular weight excluding hydrogens is 260 g/mol. The summed E-state index contributed by atoms with van der Waals surface area (Å²) < 4.78 is 25.8. The maximum atomic E-state index is 11.6. The van der Waals surface area contributed by atoms with Crippen molar-refractivity contribution in [2.75, 3.05) is 29.0 Å². The van der Waals surface area contributed by atoms with Crippen molar-refractivity contribution in [3.05, 3.63) is 22.8 Å². The van der Waals surface area contributed by atoms with Crippen LogP contribution >= 0.6 is 0 Å². The van der Waals surface area contributed by atoms with E-state index in [1.807, 2.05) is 6.92 Å². The Morgan fingerprint density at radius 2 is 1.89 bits per heavy atom. The molecule has 0 fully saturated rings. The molecule has 0 amide bonds. The summed E-state index contributed by atoms with van der Waals surface area (Å²) in [5.41, 5.74) is 5.74. The molecule has 4 nitrogen and oxygen atoms in total. The Morgan fingerprint density at radius 1 is 1.21 bits per heavy atom. The number of hydrogen-bond acceptors (Lipinski definition) is 3. The van der Waals surface area contributed by atoms with Crippen LogP contribution in [0.15, 0.2) is 6.07 Å². The fourth-order valence-corrected chi connectivity index (χ4v) is 4.00. The van der Waals surface area contributed by atoms with Crippen molar-refractivity contribution in [1.82, 2.24) is 0 Å². The van der Waals surface area contributed by atoms with Gasteiger partial charge >= 0.3 is 0 Å². The molecule has 0 unspecified atom stereocenters. The van der Waals surface area contributed by atoms with Crippen LogP contribution in [0.2, 0.25) is 0 Å². The number of hydrogen-bond donors (Lipinski definition) is 1. The van der Waals surface area contributed by atoms with Gasteiger partial charge in [-0.1, -0.05) is 6.07 Å². The van der Waals surface area contributed by atoms with Gasteiger partial charge in [0.25, 0.3) is 0 Å². The van der Waals surface area contributed by atoms with E-state index in [-0.39, 0.29) is 0 Å². The number of benzene rings is 1. The van der Waals surface area contributed by atoms with E-state index in [9.17, 15) is 8.42 Å². The van der Waals surface area contributed by atoms with Crippen molar-refractivity contribution in [3.8, 4) is 0 Å². The monoisotopic (exact) mass is 280 g/mol. The van der Waals surface area contributed by atoms with Crippen LogP contribution in [0.3, 0.4) is 0 Å². The van der Waals surface area contributed by atoms with Gasteiger partial charge in [0.2, 0.25) is 10.0 Å². The fourth-order valence-electron chi connectivity index (χ4n) is 3.35. The van der Waals surface area contributed by atoms with Crippen LogP contribution in [-0.4, -0.2) is 27.8 Å². The molecule has 3 rings (SSSR count). The summed E-state index contributed by atoms with van der Waals surface area (Å²) in [6.07, 6.45) is 5.61. The van der Waals surface area contributed by atoms with Crippen LogP contribution in [0.5, 0.6) is 0 Å². The van der Waals surface area contributed by atoms with E-state index in [2.05, 4.69) is 15.7 Å². The first-order valence-electron chi connectivity index (χ1n) is 6.84. The molecule has 2 heterocycles. The van der Waals surface area contributed by atoms with Gasteiger partial charge in [0.1, 0.15) is 0 Å². The van der Waals surface area contributed by atoms with Gasteiger partial charge < -0.3 is 4.90 Å². The van der Waals surface area contributed by atoms with Crippen molar-refractivity contribution < 1.29 is 8.42 Å². The summed E-state index contributed by atoms with van der Waals surface area (Å²) in [7, 11) is -3.22. The molecule has 0 radical (unpaired) electrons. The van der Waals surface area contributed by atoms with E-state index < -0.39 is 10.0 Å². The lowest BCUT2D eigenvalue weighted by molar-refractivity contribution is 0.606. The van der Waals surface area contributed by atoms with Gasteiger partial charge in [-0.2, -0.15) is 0 Å². The topological polar surface area (TPSA) is 49.4 Å². The average molecular weight is 280 g/mol. The highest BCUT2D eigenvalue weighted by Crippen LogP contribution is 2.41. The van der Waals surface area contributed by atoms with E-state index in [1.165, 1.54) is 29.5 Å². The summed E-state index contributed by atoms with van der Waals surface area (Å²) >= 11 is 0. The lowest BCUT2D eigenvalue weighted by atomic mass is 9.89. The first-order valence-corrected chi connectivity index (χ1v) is 8.73. The summed E-state index contributed by atoms with van der Waals surface area (Å²) in [5.74, 6) is 0. The van der Waals surface area contributed by atoms with Crippen molar-refractivity contribution in [2.45, 2.75) is 32.6 Å². The number of nitrogens with one attached hydrogen (secondary N) is 1. The summed E-state index contributed by atoms with van der Waals surface area (Å²) in [4.78, 5) is 2.42. The van der Waals surface area contributed by atoms with Gasteiger partial charge in [0.15, 0.2) is 0 Å². The first-order chi connectivity index (χ1) is 8.96. The lowest BCUT2D eigenvalue weighted by Gasteiger charge is -2.38. The SMILES string of the molecule is Cc1cc2c3c(c1NS(C)(=O)=O)CCCN3CCC2. The van der Waals surface area contributed by atoms with E-state index in [0.29, 0.717) is 0 Å². The van der Waals surface area contributed by atoms with Gasteiger partial charge in [0.05, 0.1) is 11.9 Å². The van der Waals surface area contributed by atoms with Crippen molar-refractivity contribution in [3.63, 3.8) is 0 Å². The average Bonchev–Trinajstić information content (AvgIpc) is 2.33. The maximum absolute atomic E-state index is 11.6. The molecule has 0 atom stereocenters. The molecule has 104 valence electrons. The van der Waals surface area contributed by atoms with Gasteiger partial charge in [-0.15, -0.1) is 0 Å². The van der Waals surface area contributed by atoms with Gasteiger partial charge in [-0.05, 0) is 43.7 Å². The quantitative estimate of drug-likeness (QED) is 0.902. The molecule has 0 bridgehead atoms. The Kier molecular flexibility index (Phi) is 2.96. The summed E-state index contributed by atoms with van der Waals surface area (Å²) in [6, 6.07) is 2.16. The highest BCUT2D eigenvalue weighted by atomic mass is 32.2. The number of aryl methyl sites for hydroxylation is 2. The summed E-state index contributed by atoms with van der Waals surface area (Å²) in [5, 5.41) is 0. The Bertz CT molecular complexity index is 621. The van der Waals surface area contributed by atoms with Crippen molar-refractivity contribution >= 4 is 21.4 Å². The minimum absolute atomic E-state index is 0.813. The normalized spacial score (nSPS) is 18.1. The number of nitrogens with zero attached hydrogens (tertiary/aromatic N) is 1. The molecule has 0 aliphatic carbocycles. The Labute approximate surface area is 114 Å². The van der Waals surface area contributed by atoms with Crippen LogP contribution in [0.25, 0.3) is 0 Å². The van der Waals surface area contributed by atoms with Crippen molar-refractivity contribution in [1.29, 1.82) is 0 Å². The molecule has 0 aromatic heterocycles. The number of rotatable bonds is 2. The molecular formula is C14H20N2O2S. The molecule has 2 aliphatic rings. The predicted molar refractivity (Wildman–Crippen MR) is 78.5 cm³/mol. The maximum Gasteiger partial charge on any atom is 0.229 e. The Hall–Kier alpha value is -1.23. The molecule has 1 aromatic carbocycles. The first kappa shape index (κ1) is 12.8. The molecule has 0 spiro atoms. The zero-order valence-corrected chi connectivity index (χ0v) is 12.3. The third-order valence-electron chi connectivity index (χ3n) is 4.01. The Morgan fingerprint density at radius 3 is 2.58 bits per heavy atom. The predicted octanol–water partition coefficient (Wildman–Crippen LogP) is 2.07. The largest absolute Gasteiger partial charge is 0.371 e. The zero-order chi connectivity index (χ0) is 13.6. The Balaban J connectivity index is 2.18. The van der Waals surface area contributed by atoms with E-state index in [1.54, 1.807) is 0 Å². The highest BCUT2D eigenvalue weighted by molar-refractivity contribution is 7.92. The zero-order valence-electron chi connectivity index (χ0n) is 11.5. The third-order valence-corrected chi connectivity index (χ3v) is 4.58. The van der Waals surface area contributed by atoms with Crippen LogP contribution in [-0.2, 0) is 22.9 Å². The second kappa shape index (κ2) is 4.40. The molecule has 1 N–H and O–H groups in total. The van der Waals surface area contributed by atoms with Crippen LogP contribution < -0.4 is 9.62 Å². The summed E-state index contributed by atoms with van der Waals surface area (Å²) in [6.45, 7) is 4.20. The second-order valence-electron chi connectivity index (χ2n) is 5.62. The third kappa shape index (κ3) is 2.31. The minimum atomic E-state index is -3.22. The smallest absolute Gasteiger partial charge is 0.229 e. The molecule has 5 heteroatoms. The molecule has 2 aliphatic heterocycles. The minimum Gasteiger partial charge on any atom is -0.371 e. The molecule has 19 heavy (non-hydrogen) atoms. The van der Waals surface area contributed by atoms with E-state index in [4.69, 9.17) is 0 Å². The molecule has 1 aromatic rings. The van der Waals surface area contributed by atoms with Crippen LogP contribution in [0.1, 0.15) is 29.5 Å². The second-order valence-corrected chi connectivity index (χ2v) is 7.37. The van der Waals surface area contributed by atoms with Crippen molar-refractivity contribution in [2.24, 2.45) is 0 Å². The number of anilines is 2. The van der Waals surface area contributed by atoms with Crippen LogP contribution in [0.4, 0.5) is 11.4 Å². The standard InChI is InChI=1S/C14H20N2O2S/c1-10-9-11-5-3-7-16-8-4-6-12(14(11)16)13(10)15-19(2,17)18/h9,15H,3-8H2,1-2H3. The van der Waals surface area contributed by atoms with E-state index >= 15 is 0 Å². The lowest BCUT2D eigenvalue weighted by Crippen LogP contribution is -2.35. The molecule has 0 saturated heterocycles. The van der Waals surface area contributed by atoms with Gasteiger partial charge in [-0.3, -0.25) is 4.72 Å². The molecule has 0 saturated carbocycles. The number of sulfonamides is 1. The highest BCUT2D eigenvalue weighted by Gasteiger charge is 2.27. The van der Waals surface area contributed by atoms with Gasteiger partial charge in [-0.25, -0.2) is 8.42 Å². The fraction of sp³-hybridized carbons (Fsp3) is 0.571.